The van der Waals surface area contributed by atoms with Crippen molar-refractivity contribution in [2.45, 2.75) is 45.6 Å². The Morgan fingerprint density at radius 1 is 1.10 bits per heavy atom. The summed E-state index contributed by atoms with van der Waals surface area (Å²) >= 11 is 0. The van der Waals surface area contributed by atoms with E-state index < -0.39 is 0 Å². The highest BCUT2D eigenvalue weighted by atomic mass is 15.5. The van der Waals surface area contributed by atoms with Crippen molar-refractivity contribution in [3.63, 3.8) is 0 Å². The maximum atomic E-state index is 4.14. The molecule has 106 valence electrons. The number of nitrogens with zero attached hydrogens (tertiary/aromatic N) is 3. The number of benzene rings is 1. The van der Waals surface area contributed by atoms with Gasteiger partial charge in [-0.1, -0.05) is 26.7 Å². The molecular weight excluding hydrogens is 248 g/mol. The Morgan fingerprint density at radius 3 is 2.45 bits per heavy atom. The highest BCUT2D eigenvalue weighted by molar-refractivity contribution is 5.49. The van der Waals surface area contributed by atoms with E-state index in [1.54, 1.807) is 17.2 Å². The van der Waals surface area contributed by atoms with Gasteiger partial charge in [-0.2, -0.15) is 15.0 Å². The fourth-order valence-corrected chi connectivity index (χ4v) is 3.00. The molecule has 1 aromatic heterocycles. The van der Waals surface area contributed by atoms with E-state index in [1.165, 1.54) is 31.4 Å². The molecule has 1 fully saturated rings. The average Bonchev–Trinajstić information content (AvgIpc) is 2.96. The lowest BCUT2D eigenvalue weighted by atomic mass is 9.73. The van der Waals surface area contributed by atoms with Crippen LogP contribution in [0.2, 0.25) is 0 Å². The van der Waals surface area contributed by atoms with Gasteiger partial charge >= 0.3 is 0 Å². The number of nitrogens with one attached hydrogen (secondary N) is 1. The predicted octanol–water partition coefficient (Wildman–Crippen LogP) is 3.65. The molecule has 3 rings (SSSR count). The van der Waals surface area contributed by atoms with Crippen LogP contribution in [0.4, 0.5) is 5.69 Å². The second-order valence-electron chi connectivity index (χ2n) is 6.30. The summed E-state index contributed by atoms with van der Waals surface area (Å²) in [4.78, 5) is 1.63. The van der Waals surface area contributed by atoms with Crippen LogP contribution in [0.5, 0.6) is 0 Å². The van der Waals surface area contributed by atoms with Gasteiger partial charge in [0, 0.05) is 11.7 Å². The second kappa shape index (κ2) is 5.27. The van der Waals surface area contributed by atoms with Gasteiger partial charge in [0.1, 0.15) is 0 Å². The van der Waals surface area contributed by atoms with Crippen molar-refractivity contribution in [2.24, 2.45) is 5.41 Å². The average molecular weight is 270 g/mol. The maximum Gasteiger partial charge on any atom is 0.0858 e. The molecule has 1 aromatic carbocycles. The molecule has 0 spiro atoms. The third-order valence-corrected chi connectivity index (χ3v) is 4.37. The molecule has 1 saturated carbocycles. The van der Waals surface area contributed by atoms with Gasteiger partial charge in [-0.15, -0.1) is 0 Å². The van der Waals surface area contributed by atoms with Crippen molar-refractivity contribution >= 4 is 5.69 Å². The molecule has 1 heterocycles. The van der Waals surface area contributed by atoms with Gasteiger partial charge < -0.3 is 5.32 Å². The van der Waals surface area contributed by atoms with E-state index >= 15 is 0 Å². The zero-order valence-electron chi connectivity index (χ0n) is 12.2. The second-order valence-corrected chi connectivity index (χ2v) is 6.30. The van der Waals surface area contributed by atoms with E-state index in [0.717, 1.165) is 5.69 Å². The molecule has 4 heteroatoms. The molecule has 1 unspecified atom stereocenters. The van der Waals surface area contributed by atoms with Crippen molar-refractivity contribution in [1.82, 2.24) is 15.0 Å². The minimum atomic E-state index is 0.375. The minimum Gasteiger partial charge on any atom is -0.382 e. The summed E-state index contributed by atoms with van der Waals surface area (Å²) in [7, 11) is 0. The third kappa shape index (κ3) is 2.69. The lowest BCUT2D eigenvalue weighted by Gasteiger charge is -2.39. The number of hydrogen-bond donors (Lipinski definition) is 1. The Kier molecular flexibility index (Phi) is 3.47. The lowest BCUT2D eigenvalue weighted by Crippen LogP contribution is -2.38. The van der Waals surface area contributed by atoms with Gasteiger partial charge in [0.15, 0.2) is 0 Å². The highest BCUT2D eigenvalue weighted by Crippen LogP contribution is 2.37. The van der Waals surface area contributed by atoms with Crippen molar-refractivity contribution in [3.05, 3.63) is 36.7 Å². The van der Waals surface area contributed by atoms with Gasteiger partial charge in [0.2, 0.25) is 0 Å². The molecule has 4 nitrogen and oxygen atoms in total. The number of rotatable bonds is 3. The third-order valence-electron chi connectivity index (χ3n) is 4.37. The zero-order chi connectivity index (χ0) is 14.0. The molecule has 0 amide bonds. The zero-order valence-corrected chi connectivity index (χ0v) is 12.2. The van der Waals surface area contributed by atoms with E-state index in [1.807, 2.05) is 0 Å². The van der Waals surface area contributed by atoms with Crippen LogP contribution in [0, 0.1) is 5.41 Å². The Labute approximate surface area is 120 Å². The molecular formula is C16H22N4. The highest BCUT2D eigenvalue weighted by Gasteiger charge is 2.31. The summed E-state index contributed by atoms with van der Waals surface area (Å²) in [5.74, 6) is 0. The van der Waals surface area contributed by atoms with Gasteiger partial charge in [0.25, 0.3) is 0 Å². The summed E-state index contributed by atoms with van der Waals surface area (Å²) in [6.07, 6.45) is 8.63. The van der Waals surface area contributed by atoms with E-state index in [9.17, 15) is 0 Å². The van der Waals surface area contributed by atoms with Crippen molar-refractivity contribution < 1.29 is 0 Å². The Balaban J connectivity index is 1.72. The Morgan fingerprint density at radius 2 is 1.80 bits per heavy atom. The molecule has 0 saturated heterocycles. The van der Waals surface area contributed by atoms with Crippen LogP contribution in [0.25, 0.3) is 5.69 Å². The quantitative estimate of drug-likeness (QED) is 0.925. The lowest BCUT2D eigenvalue weighted by molar-refractivity contribution is 0.217. The van der Waals surface area contributed by atoms with E-state index in [0.29, 0.717) is 11.5 Å². The number of anilines is 1. The first kappa shape index (κ1) is 13.2. The molecule has 1 atom stereocenters. The summed E-state index contributed by atoms with van der Waals surface area (Å²) in [5, 5.41) is 12.0. The number of aromatic nitrogens is 3. The fraction of sp³-hybridized carbons (Fsp3) is 0.500. The van der Waals surface area contributed by atoms with Gasteiger partial charge in [-0.3, -0.25) is 0 Å². The summed E-state index contributed by atoms with van der Waals surface area (Å²) < 4.78 is 0. The standard InChI is InChI=1S/C16H22N4/c1-16(2)10-4-3-5-15(16)19-13-6-8-14(9-7-13)20-17-11-12-18-20/h6-9,11-12,15,19H,3-5,10H2,1-2H3. The van der Waals surface area contributed by atoms with Crippen LogP contribution in [0.15, 0.2) is 36.7 Å². The van der Waals surface area contributed by atoms with Crippen molar-refractivity contribution in [2.75, 3.05) is 5.32 Å². The van der Waals surface area contributed by atoms with Crippen LogP contribution in [-0.4, -0.2) is 21.0 Å². The summed E-state index contributed by atoms with van der Waals surface area (Å²) in [6, 6.07) is 8.90. The Bertz CT molecular complexity index is 542. The largest absolute Gasteiger partial charge is 0.382 e. The monoisotopic (exact) mass is 270 g/mol. The van der Waals surface area contributed by atoms with Crippen LogP contribution in [0.1, 0.15) is 39.5 Å². The Hall–Kier alpha value is -1.84. The molecule has 20 heavy (non-hydrogen) atoms. The summed E-state index contributed by atoms with van der Waals surface area (Å²) in [5.41, 5.74) is 2.55. The first-order chi connectivity index (χ1) is 9.65. The van der Waals surface area contributed by atoms with E-state index in [4.69, 9.17) is 0 Å². The predicted molar refractivity (Wildman–Crippen MR) is 81.0 cm³/mol. The molecule has 1 aliphatic rings. The van der Waals surface area contributed by atoms with Crippen LogP contribution >= 0.6 is 0 Å². The molecule has 0 bridgehead atoms. The van der Waals surface area contributed by atoms with Gasteiger partial charge in [-0.05, 0) is 42.5 Å². The van der Waals surface area contributed by atoms with Crippen molar-refractivity contribution in [1.29, 1.82) is 0 Å². The first-order valence-corrected chi connectivity index (χ1v) is 7.38. The fourth-order valence-electron chi connectivity index (χ4n) is 3.00. The topological polar surface area (TPSA) is 42.7 Å². The molecule has 1 aliphatic carbocycles. The maximum absolute atomic E-state index is 4.14. The summed E-state index contributed by atoms with van der Waals surface area (Å²) in [6.45, 7) is 4.73. The molecule has 0 radical (unpaired) electrons. The normalized spacial score (nSPS) is 21.6. The van der Waals surface area contributed by atoms with Crippen molar-refractivity contribution in [3.8, 4) is 5.69 Å². The SMILES string of the molecule is CC1(C)CCCCC1Nc1ccc(-n2nccn2)cc1. The van der Waals surface area contributed by atoms with Crippen LogP contribution in [-0.2, 0) is 0 Å². The van der Waals surface area contributed by atoms with Crippen LogP contribution < -0.4 is 5.32 Å². The van der Waals surface area contributed by atoms with Crippen LogP contribution in [0.3, 0.4) is 0 Å². The number of hydrogen-bond acceptors (Lipinski definition) is 3. The van der Waals surface area contributed by atoms with Gasteiger partial charge in [0.05, 0.1) is 18.1 Å². The molecule has 1 N–H and O–H groups in total. The van der Waals surface area contributed by atoms with Gasteiger partial charge in [-0.25, -0.2) is 0 Å². The minimum absolute atomic E-state index is 0.375. The van der Waals surface area contributed by atoms with E-state index in [2.05, 4.69) is 53.6 Å². The smallest absolute Gasteiger partial charge is 0.0858 e. The molecule has 0 aliphatic heterocycles. The van der Waals surface area contributed by atoms with E-state index in [-0.39, 0.29) is 0 Å². The first-order valence-electron chi connectivity index (χ1n) is 7.38. The molecule has 2 aromatic rings.